The van der Waals surface area contributed by atoms with E-state index in [-0.39, 0.29) is 18.6 Å². The molecular weight excluding hydrogens is 403 g/mol. The highest BCUT2D eigenvalue weighted by Crippen LogP contribution is 2.29. The topological polar surface area (TPSA) is 111 Å². The molecular formula is C20H20F3N3O4. The molecule has 10 heteroatoms. The van der Waals surface area contributed by atoms with Gasteiger partial charge in [-0.15, -0.1) is 0 Å². The molecule has 0 aliphatic rings. The van der Waals surface area contributed by atoms with Crippen LogP contribution in [0.4, 0.5) is 18.0 Å². The maximum absolute atomic E-state index is 12.8. The highest BCUT2D eigenvalue weighted by Gasteiger charge is 2.30. The van der Waals surface area contributed by atoms with E-state index in [1.807, 2.05) is 6.07 Å². The fraction of sp³-hybridized carbons (Fsp3) is 0.250. The summed E-state index contributed by atoms with van der Waals surface area (Å²) < 4.78 is 43.4. The SMILES string of the molecule is NC(=O)[C@@H](Cc1cccc(C(F)(F)F)c1)NC(=O)CNC(=O)OCc1ccccc1. The molecule has 30 heavy (non-hydrogen) atoms. The number of nitrogens with two attached hydrogens (primary N) is 1. The fourth-order valence-corrected chi connectivity index (χ4v) is 2.51. The Hall–Kier alpha value is -3.56. The summed E-state index contributed by atoms with van der Waals surface area (Å²) in [7, 11) is 0. The van der Waals surface area contributed by atoms with Crippen molar-refractivity contribution in [3.63, 3.8) is 0 Å². The van der Waals surface area contributed by atoms with E-state index in [2.05, 4.69) is 10.6 Å². The highest BCUT2D eigenvalue weighted by molar-refractivity contribution is 5.88. The van der Waals surface area contributed by atoms with Crippen LogP contribution in [0.25, 0.3) is 0 Å². The number of alkyl halides is 3. The molecule has 2 aromatic carbocycles. The van der Waals surface area contributed by atoms with Gasteiger partial charge in [0.05, 0.1) is 5.56 Å². The maximum atomic E-state index is 12.8. The largest absolute Gasteiger partial charge is 0.445 e. The molecule has 0 aliphatic heterocycles. The van der Waals surface area contributed by atoms with Crippen LogP contribution in [0.5, 0.6) is 0 Å². The van der Waals surface area contributed by atoms with E-state index in [0.29, 0.717) is 0 Å². The van der Waals surface area contributed by atoms with E-state index in [0.717, 1.165) is 17.7 Å². The van der Waals surface area contributed by atoms with Crippen LogP contribution < -0.4 is 16.4 Å². The van der Waals surface area contributed by atoms with Gasteiger partial charge in [-0.1, -0.05) is 48.5 Å². The Balaban J connectivity index is 1.85. The third-order valence-corrected chi connectivity index (χ3v) is 3.98. The Morgan fingerprint density at radius 2 is 1.67 bits per heavy atom. The van der Waals surface area contributed by atoms with Gasteiger partial charge < -0.3 is 21.1 Å². The van der Waals surface area contributed by atoms with Crippen molar-refractivity contribution in [2.24, 2.45) is 5.73 Å². The number of primary amides is 1. The molecule has 0 radical (unpaired) electrons. The molecule has 0 saturated carbocycles. The van der Waals surface area contributed by atoms with Crippen molar-refractivity contribution in [3.05, 3.63) is 71.3 Å². The molecule has 1 atom stereocenters. The van der Waals surface area contributed by atoms with Crippen molar-refractivity contribution < 1.29 is 32.3 Å². The quantitative estimate of drug-likeness (QED) is 0.604. The first-order chi connectivity index (χ1) is 14.1. The minimum Gasteiger partial charge on any atom is -0.445 e. The Morgan fingerprint density at radius 1 is 1.00 bits per heavy atom. The molecule has 0 aliphatic carbocycles. The highest BCUT2D eigenvalue weighted by atomic mass is 19.4. The van der Waals surface area contributed by atoms with Crippen molar-refractivity contribution in [2.75, 3.05) is 6.54 Å². The second kappa shape index (κ2) is 10.3. The average Bonchev–Trinajstić information content (AvgIpc) is 2.70. The molecule has 2 rings (SSSR count). The van der Waals surface area contributed by atoms with E-state index in [1.165, 1.54) is 12.1 Å². The lowest BCUT2D eigenvalue weighted by atomic mass is 10.0. The van der Waals surface area contributed by atoms with Crippen LogP contribution in [-0.2, 0) is 33.5 Å². The number of carbonyl (C=O) groups is 3. The fourth-order valence-electron chi connectivity index (χ4n) is 2.51. The minimum absolute atomic E-state index is 0.00769. The lowest BCUT2D eigenvalue weighted by Gasteiger charge is -2.17. The van der Waals surface area contributed by atoms with Crippen LogP contribution >= 0.6 is 0 Å². The molecule has 0 unspecified atom stereocenters. The Bertz CT molecular complexity index is 888. The smallest absolute Gasteiger partial charge is 0.416 e. The molecule has 0 heterocycles. The van der Waals surface area contributed by atoms with Crippen LogP contribution in [0, 0.1) is 0 Å². The number of ether oxygens (including phenoxy) is 1. The van der Waals surface area contributed by atoms with Crippen LogP contribution in [0.1, 0.15) is 16.7 Å². The number of hydrogen-bond acceptors (Lipinski definition) is 4. The second-order valence-corrected chi connectivity index (χ2v) is 6.34. The van der Waals surface area contributed by atoms with Crippen molar-refractivity contribution in [3.8, 4) is 0 Å². The standard InChI is InChI=1S/C20H20F3N3O4/c21-20(22,23)15-8-4-7-14(9-15)10-16(18(24)28)26-17(27)11-25-19(29)30-12-13-5-2-1-3-6-13/h1-9,16H,10-12H2,(H2,24,28)(H,25,29)(H,26,27)/t16-/m1/s1. The summed E-state index contributed by atoms with van der Waals surface area (Å²) in [6.45, 7) is -0.492. The van der Waals surface area contributed by atoms with Crippen molar-refractivity contribution in [1.82, 2.24) is 10.6 Å². The summed E-state index contributed by atoms with van der Waals surface area (Å²) in [5.41, 5.74) is 5.29. The summed E-state index contributed by atoms with van der Waals surface area (Å²) in [5, 5.41) is 4.50. The average molecular weight is 423 g/mol. The van der Waals surface area contributed by atoms with Gasteiger partial charge in [0.2, 0.25) is 11.8 Å². The number of alkyl carbamates (subject to hydrolysis) is 1. The van der Waals surface area contributed by atoms with Gasteiger partial charge in [0, 0.05) is 6.42 Å². The molecule has 160 valence electrons. The van der Waals surface area contributed by atoms with Crippen molar-refractivity contribution in [1.29, 1.82) is 0 Å². The van der Waals surface area contributed by atoms with Gasteiger partial charge in [0.1, 0.15) is 19.2 Å². The molecule has 0 bridgehead atoms. The van der Waals surface area contributed by atoms with Gasteiger partial charge in [-0.3, -0.25) is 9.59 Å². The Kier molecular flexibility index (Phi) is 7.79. The van der Waals surface area contributed by atoms with Crippen molar-refractivity contribution >= 4 is 17.9 Å². The number of carbonyl (C=O) groups excluding carboxylic acids is 3. The van der Waals surface area contributed by atoms with Gasteiger partial charge >= 0.3 is 12.3 Å². The predicted molar refractivity (Wildman–Crippen MR) is 101 cm³/mol. The van der Waals surface area contributed by atoms with Crippen LogP contribution in [0.2, 0.25) is 0 Å². The number of amides is 3. The number of hydrogen-bond donors (Lipinski definition) is 3. The molecule has 0 fully saturated rings. The van der Waals surface area contributed by atoms with E-state index < -0.39 is 42.2 Å². The monoisotopic (exact) mass is 423 g/mol. The summed E-state index contributed by atoms with van der Waals surface area (Å²) in [4.78, 5) is 35.2. The normalized spacial score (nSPS) is 12.0. The number of nitrogens with one attached hydrogen (secondary N) is 2. The molecule has 7 nitrogen and oxygen atoms in total. The second-order valence-electron chi connectivity index (χ2n) is 6.34. The Morgan fingerprint density at radius 3 is 2.30 bits per heavy atom. The third kappa shape index (κ3) is 7.46. The van der Waals surface area contributed by atoms with E-state index in [9.17, 15) is 27.6 Å². The summed E-state index contributed by atoms with van der Waals surface area (Å²) in [6, 6.07) is 12.0. The van der Waals surface area contributed by atoms with Crippen molar-refractivity contribution in [2.45, 2.75) is 25.2 Å². The first-order valence-corrected chi connectivity index (χ1v) is 8.84. The van der Waals surface area contributed by atoms with Gasteiger partial charge in [-0.2, -0.15) is 13.2 Å². The molecule has 2 aromatic rings. The molecule has 0 aromatic heterocycles. The number of halogens is 3. The Labute approximate surface area is 170 Å². The van der Waals surface area contributed by atoms with Gasteiger partial charge in [-0.25, -0.2) is 4.79 Å². The third-order valence-electron chi connectivity index (χ3n) is 3.98. The molecule has 0 saturated heterocycles. The van der Waals surface area contributed by atoms with E-state index >= 15 is 0 Å². The maximum Gasteiger partial charge on any atom is 0.416 e. The van der Waals surface area contributed by atoms with E-state index in [4.69, 9.17) is 10.5 Å². The molecule has 4 N–H and O–H groups in total. The lowest BCUT2D eigenvalue weighted by molar-refractivity contribution is -0.137. The minimum atomic E-state index is -4.54. The number of benzene rings is 2. The summed E-state index contributed by atoms with van der Waals surface area (Å²) in [6.07, 6.45) is -5.61. The number of rotatable bonds is 8. The van der Waals surface area contributed by atoms with Crippen LogP contribution in [0.15, 0.2) is 54.6 Å². The summed E-state index contributed by atoms with van der Waals surface area (Å²) >= 11 is 0. The lowest BCUT2D eigenvalue weighted by Crippen LogP contribution is -2.49. The van der Waals surface area contributed by atoms with Gasteiger partial charge in [0.25, 0.3) is 0 Å². The molecule has 0 spiro atoms. The zero-order chi connectivity index (χ0) is 22.1. The zero-order valence-corrected chi connectivity index (χ0v) is 15.7. The van der Waals surface area contributed by atoms with Crippen LogP contribution in [0.3, 0.4) is 0 Å². The van der Waals surface area contributed by atoms with Gasteiger partial charge in [-0.05, 0) is 17.2 Å². The first-order valence-electron chi connectivity index (χ1n) is 8.84. The van der Waals surface area contributed by atoms with Crippen LogP contribution in [-0.4, -0.2) is 30.5 Å². The predicted octanol–water partition coefficient (Wildman–Crippen LogP) is 2.14. The van der Waals surface area contributed by atoms with Gasteiger partial charge in [0.15, 0.2) is 0 Å². The first kappa shape index (κ1) is 22.7. The summed E-state index contributed by atoms with van der Waals surface area (Å²) in [5.74, 6) is -1.67. The zero-order valence-electron chi connectivity index (χ0n) is 15.7. The molecule has 3 amide bonds. The van der Waals surface area contributed by atoms with E-state index in [1.54, 1.807) is 24.3 Å².